The van der Waals surface area contributed by atoms with Gasteiger partial charge in [-0.15, -0.1) is 0 Å². The Kier molecular flexibility index (Phi) is 5.44. The molecule has 0 aliphatic heterocycles. The molecule has 4 aliphatic carbocycles. The van der Waals surface area contributed by atoms with Crippen molar-refractivity contribution in [1.29, 1.82) is 0 Å². The summed E-state index contributed by atoms with van der Waals surface area (Å²) < 4.78 is 0. The van der Waals surface area contributed by atoms with Gasteiger partial charge in [0.2, 0.25) is 0 Å². The van der Waals surface area contributed by atoms with Gasteiger partial charge in [-0.25, -0.2) is 5.01 Å². The summed E-state index contributed by atoms with van der Waals surface area (Å²) in [5.74, 6) is 1.16. The van der Waals surface area contributed by atoms with Gasteiger partial charge in [0.05, 0.1) is 21.1 Å². The topological polar surface area (TPSA) is 49.4 Å². The van der Waals surface area contributed by atoms with E-state index in [0.29, 0.717) is 38.9 Å². The van der Waals surface area contributed by atoms with Crippen molar-refractivity contribution in [3.8, 4) is 0 Å². The second-order valence-corrected chi connectivity index (χ2v) is 10.6. The van der Waals surface area contributed by atoms with Crippen LogP contribution < -0.4 is 5.43 Å². The van der Waals surface area contributed by atoms with Crippen LogP contribution in [0, 0.1) is 17.8 Å². The first-order valence-corrected chi connectivity index (χ1v) is 11.8. The molecule has 0 aromatic heterocycles. The van der Waals surface area contributed by atoms with Crippen molar-refractivity contribution >= 4 is 46.6 Å². The third-order valence-electron chi connectivity index (χ3n) is 7.19. The maximum atomic E-state index is 13.8. The van der Waals surface area contributed by atoms with E-state index >= 15 is 0 Å². The zero-order valence-corrected chi connectivity index (χ0v) is 19.2. The number of halogens is 3. The van der Waals surface area contributed by atoms with Gasteiger partial charge in [0.25, 0.3) is 11.8 Å². The number of carbonyl (C=O) groups excluding carboxylic acids is 2. The van der Waals surface area contributed by atoms with Gasteiger partial charge in [0, 0.05) is 10.6 Å². The Morgan fingerprint density at radius 3 is 2.03 bits per heavy atom. The van der Waals surface area contributed by atoms with Crippen LogP contribution in [0.2, 0.25) is 15.1 Å². The molecule has 4 saturated carbocycles. The number of amides is 2. The number of nitrogens with zero attached hydrogens (tertiary/aromatic N) is 1. The minimum absolute atomic E-state index is 0.213. The molecule has 4 fully saturated rings. The fourth-order valence-corrected chi connectivity index (χ4v) is 6.79. The molecule has 162 valence electrons. The van der Waals surface area contributed by atoms with Crippen LogP contribution in [0.1, 0.15) is 59.2 Å². The normalized spacial score (nSPS) is 28.4. The number of hydrazine groups is 1. The number of carbonyl (C=O) groups is 2. The zero-order valence-electron chi connectivity index (χ0n) is 16.9. The van der Waals surface area contributed by atoms with Crippen LogP contribution in [-0.2, 0) is 0 Å². The minimum Gasteiger partial charge on any atom is -0.267 e. The molecule has 2 aromatic rings. The molecule has 7 heteroatoms. The number of nitrogens with one attached hydrogen (secondary N) is 1. The lowest BCUT2D eigenvalue weighted by Crippen LogP contribution is -2.66. The third kappa shape index (κ3) is 3.83. The maximum absolute atomic E-state index is 13.8. The predicted octanol–water partition coefficient (Wildman–Crippen LogP) is 6.40. The highest BCUT2D eigenvalue weighted by atomic mass is 35.5. The van der Waals surface area contributed by atoms with Gasteiger partial charge >= 0.3 is 0 Å². The smallest absolute Gasteiger partial charge is 0.267 e. The van der Waals surface area contributed by atoms with Crippen LogP contribution in [0.5, 0.6) is 0 Å². The summed E-state index contributed by atoms with van der Waals surface area (Å²) >= 11 is 18.6. The average Bonchev–Trinajstić information content (AvgIpc) is 2.73. The lowest BCUT2D eigenvalue weighted by molar-refractivity contribution is -0.0875. The molecule has 2 amide bonds. The lowest BCUT2D eigenvalue weighted by Gasteiger charge is -2.59. The minimum atomic E-state index is -0.389. The molecule has 4 nitrogen and oxygen atoms in total. The highest BCUT2D eigenvalue weighted by molar-refractivity contribution is 6.43. The molecule has 2 aromatic carbocycles. The monoisotopic (exact) mass is 476 g/mol. The van der Waals surface area contributed by atoms with E-state index in [1.54, 1.807) is 47.5 Å². The molecule has 1 N–H and O–H groups in total. The molecule has 6 rings (SSSR count). The van der Waals surface area contributed by atoms with Crippen LogP contribution >= 0.6 is 34.8 Å². The number of benzene rings is 2. The van der Waals surface area contributed by atoms with E-state index in [-0.39, 0.29) is 22.4 Å². The zero-order chi connectivity index (χ0) is 21.8. The van der Waals surface area contributed by atoms with Gasteiger partial charge in [-0.05, 0) is 92.7 Å². The Hall–Kier alpha value is -1.75. The molecule has 0 unspecified atom stereocenters. The molecule has 0 radical (unpaired) electrons. The SMILES string of the molecule is O=C(NN(C(=O)c1cccc(Cl)c1Cl)C12CC3CC(CC(C3)C1)C2)c1ccc(Cl)cc1. The highest BCUT2D eigenvalue weighted by Gasteiger charge is 2.55. The average molecular weight is 478 g/mol. The summed E-state index contributed by atoms with van der Waals surface area (Å²) in [4.78, 5) is 26.9. The van der Waals surface area contributed by atoms with Gasteiger partial charge in [-0.2, -0.15) is 0 Å². The number of hydrogen-bond donors (Lipinski definition) is 1. The van der Waals surface area contributed by atoms with Crippen LogP contribution in [0.15, 0.2) is 42.5 Å². The summed E-state index contributed by atoms with van der Waals surface area (Å²) in [6.07, 6.45) is 6.40. The van der Waals surface area contributed by atoms with Crippen LogP contribution in [0.4, 0.5) is 0 Å². The molecule has 4 bridgehead atoms. The van der Waals surface area contributed by atoms with Crippen LogP contribution in [0.3, 0.4) is 0 Å². The van der Waals surface area contributed by atoms with Gasteiger partial charge in [0.1, 0.15) is 0 Å². The van der Waals surface area contributed by atoms with Crippen molar-refractivity contribution in [1.82, 2.24) is 10.4 Å². The van der Waals surface area contributed by atoms with E-state index in [9.17, 15) is 9.59 Å². The summed E-state index contributed by atoms with van der Waals surface area (Å²) in [5.41, 5.74) is 3.32. The summed E-state index contributed by atoms with van der Waals surface area (Å²) in [6, 6.07) is 11.7. The number of rotatable bonds is 3. The first-order valence-electron chi connectivity index (χ1n) is 10.7. The first kappa shape index (κ1) is 21.1. The van der Waals surface area contributed by atoms with Gasteiger partial charge < -0.3 is 0 Å². The summed E-state index contributed by atoms with van der Waals surface area (Å²) in [5, 5.41) is 2.68. The van der Waals surface area contributed by atoms with Gasteiger partial charge in [-0.3, -0.25) is 15.0 Å². The van der Waals surface area contributed by atoms with Crippen molar-refractivity contribution in [3.05, 3.63) is 68.7 Å². The van der Waals surface area contributed by atoms with Gasteiger partial charge in [0.15, 0.2) is 0 Å². The Bertz CT molecular complexity index is 1000. The highest BCUT2D eigenvalue weighted by Crippen LogP contribution is 2.57. The molecular weight excluding hydrogens is 455 g/mol. The van der Waals surface area contributed by atoms with Gasteiger partial charge in [-0.1, -0.05) is 40.9 Å². The molecule has 0 saturated heterocycles. The third-order valence-corrected chi connectivity index (χ3v) is 8.26. The van der Waals surface area contributed by atoms with E-state index < -0.39 is 0 Å². The molecule has 31 heavy (non-hydrogen) atoms. The Balaban J connectivity index is 1.52. The Morgan fingerprint density at radius 1 is 0.871 bits per heavy atom. The predicted molar refractivity (Wildman–Crippen MR) is 122 cm³/mol. The lowest BCUT2D eigenvalue weighted by atomic mass is 9.52. The van der Waals surface area contributed by atoms with Crippen LogP contribution in [0.25, 0.3) is 0 Å². The van der Waals surface area contributed by atoms with Crippen molar-refractivity contribution in [3.63, 3.8) is 0 Å². The van der Waals surface area contributed by atoms with E-state index in [1.807, 2.05) is 0 Å². The van der Waals surface area contributed by atoms with E-state index in [1.165, 1.54) is 19.3 Å². The fraction of sp³-hybridized carbons (Fsp3) is 0.417. The van der Waals surface area contributed by atoms with E-state index in [0.717, 1.165) is 19.3 Å². The Morgan fingerprint density at radius 2 is 1.45 bits per heavy atom. The second-order valence-electron chi connectivity index (χ2n) is 9.33. The molecule has 0 atom stereocenters. The Labute approximate surface area is 196 Å². The molecular formula is C24H23Cl3N2O2. The fourth-order valence-electron chi connectivity index (χ4n) is 6.28. The summed E-state index contributed by atoms with van der Waals surface area (Å²) in [6.45, 7) is 0. The maximum Gasteiger partial charge on any atom is 0.274 e. The van der Waals surface area contributed by atoms with Crippen molar-refractivity contribution < 1.29 is 9.59 Å². The van der Waals surface area contributed by atoms with Crippen molar-refractivity contribution in [2.24, 2.45) is 17.8 Å². The first-order chi connectivity index (χ1) is 14.8. The largest absolute Gasteiger partial charge is 0.274 e. The quantitative estimate of drug-likeness (QED) is 0.520. The van der Waals surface area contributed by atoms with E-state index in [2.05, 4.69) is 5.43 Å². The number of hydrogen-bond acceptors (Lipinski definition) is 2. The molecule has 0 spiro atoms. The van der Waals surface area contributed by atoms with Crippen LogP contribution in [-0.4, -0.2) is 22.4 Å². The van der Waals surface area contributed by atoms with E-state index in [4.69, 9.17) is 34.8 Å². The van der Waals surface area contributed by atoms with Crippen molar-refractivity contribution in [2.75, 3.05) is 0 Å². The molecule has 0 heterocycles. The summed E-state index contributed by atoms with van der Waals surface area (Å²) in [7, 11) is 0. The standard InChI is InChI=1S/C24H23Cl3N2O2/c25-18-6-4-17(5-7-18)22(30)28-29(23(31)19-2-1-3-20(26)21(19)27)24-11-14-8-15(12-24)10-16(9-14)13-24/h1-7,14-16H,8-13H2,(H,28,30). The molecule has 4 aliphatic rings. The van der Waals surface area contributed by atoms with Crippen molar-refractivity contribution in [2.45, 2.75) is 44.1 Å². The second kappa shape index (κ2) is 7.99.